The van der Waals surface area contributed by atoms with Crippen LogP contribution in [0.1, 0.15) is 40.2 Å². The van der Waals surface area contributed by atoms with Crippen LogP contribution in [0, 0.1) is 5.82 Å². The van der Waals surface area contributed by atoms with Crippen molar-refractivity contribution in [1.82, 2.24) is 5.32 Å². The summed E-state index contributed by atoms with van der Waals surface area (Å²) in [5, 5.41) is 3.49. The average Bonchev–Trinajstić information content (AvgIpc) is 2.47. The fourth-order valence-corrected chi connectivity index (χ4v) is 2.89. The largest absolute Gasteiger partial charge is 0.366 e. The van der Waals surface area contributed by atoms with Gasteiger partial charge in [0.2, 0.25) is 5.91 Å². The smallest absolute Gasteiger partial charge is 0.248 e. The molecule has 1 saturated carbocycles. The highest BCUT2D eigenvalue weighted by molar-refractivity contribution is 5.92. The summed E-state index contributed by atoms with van der Waals surface area (Å²) in [6.07, 6.45) is 2.11. The maximum absolute atomic E-state index is 12.9. The maximum Gasteiger partial charge on any atom is 0.248 e. The molecule has 1 amide bonds. The van der Waals surface area contributed by atoms with E-state index in [9.17, 15) is 9.18 Å². The number of hydrogen-bond donors (Lipinski definition) is 2. The molecule has 0 atom stereocenters. The first-order valence-electron chi connectivity index (χ1n) is 7.49. The number of halogens is 1. The molecule has 0 radical (unpaired) electrons. The van der Waals surface area contributed by atoms with Crippen molar-refractivity contribution in [2.24, 2.45) is 5.73 Å². The van der Waals surface area contributed by atoms with Gasteiger partial charge in [0, 0.05) is 18.2 Å². The summed E-state index contributed by atoms with van der Waals surface area (Å²) in [6, 6.07) is 14.6. The molecule has 1 fully saturated rings. The van der Waals surface area contributed by atoms with Crippen molar-refractivity contribution in [1.29, 1.82) is 0 Å². The predicted molar refractivity (Wildman–Crippen MR) is 84.0 cm³/mol. The van der Waals surface area contributed by atoms with E-state index in [1.54, 1.807) is 6.07 Å². The highest BCUT2D eigenvalue weighted by Crippen LogP contribution is 2.36. The quantitative estimate of drug-likeness (QED) is 0.891. The van der Waals surface area contributed by atoms with Gasteiger partial charge in [0.05, 0.1) is 0 Å². The van der Waals surface area contributed by atoms with Gasteiger partial charge in [-0.1, -0.05) is 24.3 Å². The van der Waals surface area contributed by atoms with E-state index < -0.39 is 5.91 Å². The normalized spacial score (nSPS) is 20.4. The Hall–Kier alpha value is -2.20. The number of amides is 1. The van der Waals surface area contributed by atoms with Crippen LogP contribution in [-0.4, -0.2) is 11.9 Å². The van der Waals surface area contributed by atoms with Gasteiger partial charge in [0.25, 0.3) is 0 Å². The zero-order valence-corrected chi connectivity index (χ0v) is 12.3. The summed E-state index contributed by atoms with van der Waals surface area (Å²) in [7, 11) is 0. The molecule has 0 aromatic heterocycles. The molecule has 1 aliphatic rings. The maximum atomic E-state index is 12.9. The number of benzene rings is 2. The molecule has 0 aliphatic heterocycles. The zero-order valence-electron chi connectivity index (χ0n) is 12.3. The summed E-state index contributed by atoms with van der Waals surface area (Å²) in [5.41, 5.74) is 8.08. The molecule has 2 aromatic rings. The van der Waals surface area contributed by atoms with Gasteiger partial charge in [-0.25, -0.2) is 4.39 Å². The molecule has 0 heterocycles. The van der Waals surface area contributed by atoms with Gasteiger partial charge in [0.1, 0.15) is 5.82 Å². The Morgan fingerprint density at radius 2 is 1.91 bits per heavy atom. The summed E-state index contributed by atoms with van der Waals surface area (Å²) in [5.74, 6) is -0.0796. The molecule has 2 aromatic carbocycles. The number of nitrogens with one attached hydrogen (secondary N) is 1. The summed E-state index contributed by atoms with van der Waals surface area (Å²) >= 11 is 0. The van der Waals surface area contributed by atoms with Gasteiger partial charge in [0.15, 0.2) is 0 Å². The lowest BCUT2D eigenvalue weighted by Crippen LogP contribution is -2.39. The molecule has 0 saturated heterocycles. The summed E-state index contributed by atoms with van der Waals surface area (Å²) in [4.78, 5) is 11.2. The first-order chi connectivity index (χ1) is 10.6. The monoisotopic (exact) mass is 298 g/mol. The van der Waals surface area contributed by atoms with Gasteiger partial charge < -0.3 is 11.1 Å². The van der Waals surface area contributed by atoms with E-state index in [1.165, 1.54) is 17.7 Å². The van der Waals surface area contributed by atoms with Gasteiger partial charge in [-0.05, 0) is 54.2 Å². The van der Waals surface area contributed by atoms with Crippen LogP contribution in [0.4, 0.5) is 4.39 Å². The van der Waals surface area contributed by atoms with Crippen LogP contribution in [0.5, 0.6) is 0 Å². The van der Waals surface area contributed by atoms with Crippen molar-refractivity contribution in [2.75, 3.05) is 0 Å². The van der Waals surface area contributed by atoms with Crippen LogP contribution in [0.2, 0.25) is 0 Å². The lowest BCUT2D eigenvalue weighted by molar-refractivity contribution is 0.1000. The van der Waals surface area contributed by atoms with E-state index in [0.29, 0.717) is 17.5 Å². The van der Waals surface area contributed by atoms with Crippen molar-refractivity contribution in [3.63, 3.8) is 0 Å². The second-order valence-electron chi connectivity index (χ2n) is 5.86. The van der Waals surface area contributed by atoms with Crippen molar-refractivity contribution in [3.05, 3.63) is 71.0 Å². The second kappa shape index (κ2) is 6.28. The number of primary amides is 1. The van der Waals surface area contributed by atoms with E-state index >= 15 is 0 Å². The molecule has 4 heteroatoms. The van der Waals surface area contributed by atoms with Gasteiger partial charge in [-0.2, -0.15) is 0 Å². The van der Waals surface area contributed by atoms with Crippen LogP contribution in [0.25, 0.3) is 0 Å². The Kier molecular flexibility index (Phi) is 4.20. The molecule has 3 nitrogen and oxygen atoms in total. The molecule has 3 N–H and O–H groups in total. The highest BCUT2D eigenvalue weighted by atomic mass is 19.1. The zero-order chi connectivity index (χ0) is 15.5. The Morgan fingerprint density at radius 1 is 1.18 bits per heavy atom. The predicted octanol–water partition coefficient (Wildman–Crippen LogP) is 2.96. The standard InChI is InChI=1S/C18H19FN2O/c19-16-6-4-13(5-7-16)15-9-17(10-15)21-11-12-2-1-3-14(8-12)18(20)22/h1-8,15,17,21H,9-11H2,(H2,20,22). The number of hydrogen-bond acceptors (Lipinski definition) is 2. The number of carbonyl (C=O) groups excluding carboxylic acids is 1. The van der Waals surface area contributed by atoms with E-state index in [1.807, 2.05) is 30.3 Å². The number of nitrogens with two attached hydrogens (primary N) is 1. The Balaban J connectivity index is 1.49. The molecule has 3 rings (SSSR count). The number of rotatable bonds is 5. The highest BCUT2D eigenvalue weighted by Gasteiger charge is 2.29. The van der Waals surface area contributed by atoms with Gasteiger partial charge >= 0.3 is 0 Å². The lowest BCUT2D eigenvalue weighted by atomic mass is 9.76. The van der Waals surface area contributed by atoms with E-state index in [2.05, 4.69) is 5.32 Å². The van der Waals surface area contributed by atoms with Crippen LogP contribution < -0.4 is 11.1 Å². The first-order valence-corrected chi connectivity index (χ1v) is 7.49. The van der Waals surface area contributed by atoms with E-state index in [0.717, 1.165) is 24.9 Å². The molecular formula is C18H19FN2O. The minimum absolute atomic E-state index is 0.188. The molecule has 22 heavy (non-hydrogen) atoms. The molecule has 0 unspecified atom stereocenters. The van der Waals surface area contributed by atoms with Crippen molar-refractivity contribution in [2.45, 2.75) is 31.3 Å². The average molecular weight is 298 g/mol. The van der Waals surface area contributed by atoms with Crippen LogP contribution in [0.15, 0.2) is 48.5 Å². The molecule has 114 valence electrons. The fourth-order valence-electron chi connectivity index (χ4n) is 2.89. The molecule has 0 spiro atoms. The topological polar surface area (TPSA) is 55.1 Å². The molecule has 1 aliphatic carbocycles. The Morgan fingerprint density at radius 3 is 2.59 bits per heavy atom. The van der Waals surface area contributed by atoms with Crippen LogP contribution >= 0.6 is 0 Å². The first kappa shape index (κ1) is 14.7. The fraction of sp³-hybridized carbons (Fsp3) is 0.278. The van der Waals surface area contributed by atoms with Gasteiger partial charge in [-0.3, -0.25) is 4.79 Å². The molecular weight excluding hydrogens is 279 g/mol. The Bertz CT molecular complexity index is 663. The van der Waals surface area contributed by atoms with Crippen molar-refractivity contribution in [3.8, 4) is 0 Å². The third-order valence-corrected chi connectivity index (χ3v) is 4.29. The third-order valence-electron chi connectivity index (χ3n) is 4.29. The van der Waals surface area contributed by atoms with Crippen molar-refractivity contribution >= 4 is 5.91 Å². The summed E-state index contributed by atoms with van der Waals surface area (Å²) in [6.45, 7) is 0.724. The van der Waals surface area contributed by atoms with Crippen LogP contribution in [0.3, 0.4) is 0 Å². The molecule has 0 bridgehead atoms. The Labute approximate surface area is 129 Å². The minimum atomic E-state index is -0.401. The lowest BCUT2D eigenvalue weighted by Gasteiger charge is -2.36. The van der Waals surface area contributed by atoms with Crippen LogP contribution in [-0.2, 0) is 6.54 Å². The van der Waals surface area contributed by atoms with E-state index in [4.69, 9.17) is 5.73 Å². The minimum Gasteiger partial charge on any atom is -0.366 e. The number of carbonyl (C=O) groups is 1. The second-order valence-corrected chi connectivity index (χ2v) is 5.86. The third kappa shape index (κ3) is 3.34. The van der Waals surface area contributed by atoms with Gasteiger partial charge in [-0.15, -0.1) is 0 Å². The van der Waals surface area contributed by atoms with E-state index in [-0.39, 0.29) is 5.82 Å². The van der Waals surface area contributed by atoms with Crippen molar-refractivity contribution < 1.29 is 9.18 Å². The summed E-state index contributed by atoms with van der Waals surface area (Å²) < 4.78 is 12.9. The SMILES string of the molecule is NC(=O)c1cccc(CNC2CC(c3ccc(F)cc3)C2)c1.